The lowest BCUT2D eigenvalue weighted by Crippen LogP contribution is -2.63. The first-order chi connectivity index (χ1) is 11.5. The molecule has 0 aliphatic heterocycles. The summed E-state index contributed by atoms with van der Waals surface area (Å²) < 4.78 is 0. The van der Waals surface area contributed by atoms with Gasteiger partial charge < -0.3 is 5.11 Å². The van der Waals surface area contributed by atoms with E-state index in [1.165, 1.54) is 37.7 Å². The second-order valence-electron chi connectivity index (χ2n) is 9.66. The molecule has 0 aromatic carbocycles. The van der Waals surface area contributed by atoms with Gasteiger partial charge in [0.15, 0.2) is 5.78 Å². The van der Waals surface area contributed by atoms with Crippen LogP contribution in [-0.4, -0.2) is 21.8 Å². The summed E-state index contributed by atoms with van der Waals surface area (Å²) in [5, 5.41) is 12.2. The van der Waals surface area contributed by atoms with Crippen molar-refractivity contribution >= 4 is 21.7 Å². The topological polar surface area (TPSA) is 37.3 Å². The van der Waals surface area contributed by atoms with Gasteiger partial charge in [-0.05, 0) is 86.5 Å². The van der Waals surface area contributed by atoms with Crippen LogP contribution < -0.4 is 0 Å². The number of hydrogen-bond donors (Lipinski definition) is 1. The summed E-state index contributed by atoms with van der Waals surface area (Å²) in [6, 6.07) is 0. The van der Waals surface area contributed by atoms with Gasteiger partial charge >= 0.3 is 0 Å². The molecule has 2 nitrogen and oxygen atoms in total. The second-order valence-corrected chi connectivity index (χ2v) is 10.2. The molecule has 5 aliphatic rings. The summed E-state index contributed by atoms with van der Waals surface area (Å²) in [6.07, 6.45) is 12.3. The Labute approximate surface area is 153 Å². The number of carbonyl (C=O) groups is 1. The van der Waals surface area contributed by atoms with Crippen LogP contribution >= 0.6 is 15.9 Å². The number of fused-ring (bicyclic) bond motifs is 3. The van der Waals surface area contributed by atoms with E-state index in [1.54, 1.807) is 0 Å². The molecule has 5 rings (SSSR count). The van der Waals surface area contributed by atoms with Crippen molar-refractivity contribution in [1.29, 1.82) is 0 Å². The standard InChI is InChI=1S/C21H29BrO2/c1-19-8-7-17-16-4-3-15(23)10-13(16)2-5-18(17)21(19)9-6-14(21)11-20(19,24)12-22/h10,14,16-18,24H,2-9,11-12H2,1H3/t14-,16+,17-,18-,19-,20-,21-/m1/s1. The van der Waals surface area contributed by atoms with Crippen LogP contribution in [0.1, 0.15) is 64.7 Å². The highest BCUT2D eigenvalue weighted by molar-refractivity contribution is 9.09. The third kappa shape index (κ3) is 1.65. The number of rotatable bonds is 1. The highest BCUT2D eigenvalue weighted by atomic mass is 79.9. The van der Waals surface area contributed by atoms with Crippen LogP contribution in [-0.2, 0) is 4.79 Å². The van der Waals surface area contributed by atoms with E-state index in [0.29, 0.717) is 17.1 Å². The molecule has 0 saturated heterocycles. The third-order valence-electron chi connectivity index (χ3n) is 9.44. The zero-order chi connectivity index (χ0) is 16.7. The lowest BCUT2D eigenvalue weighted by Gasteiger charge is -2.67. The quantitative estimate of drug-likeness (QED) is 0.659. The van der Waals surface area contributed by atoms with Crippen LogP contribution in [0, 0.1) is 34.5 Å². The van der Waals surface area contributed by atoms with Gasteiger partial charge in [-0.2, -0.15) is 0 Å². The van der Waals surface area contributed by atoms with Crippen LogP contribution in [0.15, 0.2) is 11.6 Å². The molecule has 0 aromatic heterocycles. The summed E-state index contributed by atoms with van der Waals surface area (Å²) in [6.45, 7) is 2.42. The average molecular weight is 393 g/mol. The molecular weight excluding hydrogens is 364 g/mol. The highest BCUT2D eigenvalue weighted by Gasteiger charge is 2.76. The van der Waals surface area contributed by atoms with Gasteiger partial charge in [0, 0.05) is 17.2 Å². The van der Waals surface area contributed by atoms with Crippen molar-refractivity contribution in [2.45, 2.75) is 70.3 Å². The minimum atomic E-state index is -0.516. The number of hydrogen-bond acceptors (Lipinski definition) is 2. The maximum Gasteiger partial charge on any atom is 0.155 e. The maximum absolute atomic E-state index is 11.8. The molecule has 4 fully saturated rings. The van der Waals surface area contributed by atoms with Crippen LogP contribution in [0.2, 0.25) is 0 Å². The number of carbonyl (C=O) groups excluding carboxylic acids is 1. The van der Waals surface area contributed by atoms with Gasteiger partial charge in [0.1, 0.15) is 0 Å². The van der Waals surface area contributed by atoms with Crippen molar-refractivity contribution in [3.63, 3.8) is 0 Å². The Balaban J connectivity index is 1.55. The number of halogens is 1. The molecule has 5 aliphatic carbocycles. The molecule has 0 bridgehead atoms. The lowest BCUT2D eigenvalue weighted by molar-refractivity contribution is -0.197. The molecule has 0 unspecified atom stereocenters. The van der Waals surface area contributed by atoms with Crippen LogP contribution in [0.5, 0.6) is 0 Å². The summed E-state index contributed by atoms with van der Waals surface area (Å²) in [5.74, 6) is 3.30. The largest absolute Gasteiger partial charge is 0.388 e. The van der Waals surface area contributed by atoms with Gasteiger partial charge in [-0.15, -0.1) is 0 Å². The Kier molecular flexibility index (Phi) is 3.32. The summed E-state index contributed by atoms with van der Waals surface area (Å²) >= 11 is 3.66. The fourth-order valence-electron chi connectivity index (χ4n) is 8.23. The second kappa shape index (κ2) is 4.97. The van der Waals surface area contributed by atoms with E-state index in [1.807, 2.05) is 6.08 Å². The first-order valence-corrected chi connectivity index (χ1v) is 11.1. The van der Waals surface area contributed by atoms with Gasteiger partial charge in [0.2, 0.25) is 0 Å². The van der Waals surface area contributed by atoms with Crippen LogP contribution in [0.4, 0.5) is 0 Å². The minimum absolute atomic E-state index is 0.0826. The summed E-state index contributed by atoms with van der Waals surface area (Å²) in [7, 11) is 0. The molecule has 1 N–H and O–H groups in total. The number of ketones is 1. The van der Waals surface area contributed by atoms with E-state index in [4.69, 9.17) is 0 Å². The molecule has 24 heavy (non-hydrogen) atoms. The summed E-state index contributed by atoms with van der Waals surface area (Å²) in [4.78, 5) is 11.8. The number of aliphatic hydroxyl groups is 1. The van der Waals surface area contributed by atoms with Crippen molar-refractivity contribution in [3.05, 3.63) is 11.6 Å². The Bertz CT molecular complexity index is 627. The predicted molar refractivity (Wildman–Crippen MR) is 97.9 cm³/mol. The predicted octanol–water partition coefficient (Wildman–Crippen LogP) is 4.64. The van der Waals surface area contributed by atoms with E-state index in [9.17, 15) is 9.90 Å². The van der Waals surface area contributed by atoms with Gasteiger partial charge in [-0.3, -0.25) is 4.79 Å². The molecule has 0 radical (unpaired) electrons. The lowest BCUT2D eigenvalue weighted by atomic mass is 9.38. The minimum Gasteiger partial charge on any atom is -0.388 e. The Morgan fingerprint density at radius 2 is 2.04 bits per heavy atom. The van der Waals surface area contributed by atoms with Crippen molar-refractivity contribution < 1.29 is 9.90 Å². The zero-order valence-corrected chi connectivity index (χ0v) is 16.3. The fraction of sp³-hybridized carbons (Fsp3) is 0.857. The highest BCUT2D eigenvalue weighted by Crippen LogP contribution is 2.79. The molecule has 0 amide bonds. The Hall–Kier alpha value is -0.150. The summed E-state index contributed by atoms with van der Waals surface area (Å²) in [5.41, 5.74) is 1.42. The van der Waals surface area contributed by atoms with Crippen molar-refractivity contribution in [1.82, 2.24) is 0 Å². The first-order valence-electron chi connectivity index (χ1n) is 9.97. The van der Waals surface area contributed by atoms with Gasteiger partial charge in [-0.25, -0.2) is 0 Å². The Morgan fingerprint density at radius 3 is 2.75 bits per heavy atom. The van der Waals surface area contributed by atoms with E-state index in [2.05, 4.69) is 22.9 Å². The monoisotopic (exact) mass is 392 g/mol. The average Bonchev–Trinajstić information content (AvgIpc) is 2.70. The van der Waals surface area contributed by atoms with Crippen LogP contribution in [0.3, 0.4) is 0 Å². The van der Waals surface area contributed by atoms with Gasteiger partial charge in [-0.1, -0.05) is 28.4 Å². The molecule has 3 heteroatoms. The molecule has 132 valence electrons. The fourth-order valence-corrected chi connectivity index (χ4v) is 9.08. The maximum atomic E-state index is 11.8. The normalized spacial score (nSPS) is 55.6. The smallest absolute Gasteiger partial charge is 0.155 e. The van der Waals surface area contributed by atoms with Crippen molar-refractivity contribution in [3.8, 4) is 0 Å². The van der Waals surface area contributed by atoms with E-state index >= 15 is 0 Å². The van der Waals surface area contributed by atoms with E-state index in [-0.39, 0.29) is 5.41 Å². The SMILES string of the molecule is C[C@]12CC[C@H]3[C@@H](CCC4=CC(=O)CC[C@@H]43)[C@]13CC[C@@H]3C[C@@]2(O)CBr. The molecule has 1 spiro atoms. The number of alkyl halides is 1. The van der Waals surface area contributed by atoms with Gasteiger partial charge in [0.05, 0.1) is 5.60 Å². The van der Waals surface area contributed by atoms with Gasteiger partial charge in [0.25, 0.3) is 0 Å². The molecular formula is C21H29BrO2. The van der Waals surface area contributed by atoms with Crippen molar-refractivity contribution in [2.75, 3.05) is 5.33 Å². The molecule has 7 atom stereocenters. The molecule has 0 aromatic rings. The number of allylic oxidation sites excluding steroid dienone is 1. The third-order valence-corrected chi connectivity index (χ3v) is 10.4. The molecule has 0 heterocycles. The van der Waals surface area contributed by atoms with Crippen molar-refractivity contribution in [2.24, 2.45) is 34.5 Å². The van der Waals surface area contributed by atoms with Crippen LogP contribution in [0.25, 0.3) is 0 Å². The molecule has 4 saturated carbocycles. The van der Waals surface area contributed by atoms with E-state index in [0.717, 1.165) is 48.8 Å². The first kappa shape index (κ1) is 16.1. The van der Waals surface area contributed by atoms with E-state index < -0.39 is 5.60 Å². The Morgan fingerprint density at radius 1 is 1.21 bits per heavy atom. The zero-order valence-electron chi connectivity index (χ0n) is 14.7.